The molecule has 0 aliphatic carbocycles. The lowest BCUT2D eigenvalue weighted by atomic mass is 10.0. The highest BCUT2D eigenvalue weighted by Gasteiger charge is 2.48. The predicted molar refractivity (Wildman–Crippen MR) is 299 cm³/mol. The van der Waals surface area contributed by atoms with Gasteiger partial charge in [0.05, 0.1) is 39.0 Å². The highest BCUT2D eigenvalue weighted by atomic mass is 31.2. The molecule has 4 saturated heterocycles. The lowest BCUT2D eigenvalue weighted by Crippen LogP contribution is -2.49. The van der Waals surface area contributed by atoms with Gasteiger partial charge in [0.15, 0.2) is 0 Å². The smallest absolute Gasteiger partial charge is 0.394 e. The van der Waals surface area contributed by atoms with Gasteiger partial charge in [0.1, 0.15) is 55.3 Å². The molecule has 35 nitrogen and oxygen atoms in total. The molecule has 4 aliphatic heterocycles. The van der Waals surface area contributed by atoms with Gasteiger partial charge in [-0.25, -0.2) is 23.5 Å². The van der Waals surface area contributed by atoms with Crippen LogP contribution in [-0.2, 0) is 55.8 Å². The zero-order chi connectivity index (χ0) is 62.8. The predicted octanol–water partition coefficient (Wildman–Crippen LogP) is -4.84. The summed E-state index contributed by atoms with van der Waals surface area (Å²) in [5, 5.41) is 21.6. The van der Waals surface area contributed by atoms with E-state index in [0.29, 0.717) is 65.3 Å². The van der Waals surface area contributed by atoms with E-state index in [4.69, 9.17) is 49.5 Å². The highest BCUT2D eigenvalue weighted by molar-refractivity contribution is 7.47. The van der Waals surface area contributed by atoms with Crippen molar-refractivity contribution in [3.63, 3.8) is 0 Å². The van der Waals surface area contributed by atoms with Crippen LogP contribution in [0.2, 0.25) is 0 Å². The number of phosphoric ester groups is 2. The monoisotopic (exact) mass is 1260 g/mol. The Morgan fingerprint density at radius 2 is 1.01 bits per heavy atom. The summed E-state index contributed by atoms with van der Waals surface area (Å²) in [6.45, 7) is 5.83. The maximum absolute atomic E-state index is 14.4. The Kier molecular flexibility index (Phi) is 23.4. The number of aryl methyl sites for hydroxylation is 3. The van der Waals surface area contributed by atoms with Crippen molar-refractivity contribution in [3.05, 3.63) is 110 Å². The molecular formula is C49H75N13O22P2. The van der Waals surface area contributed by atoms with Crippen molar-refractivity contribution in [1.82, 2.24) is 48.3 Å². The third kappa shape index (κ3) is 18.8. The number of hydrogen-bond acceptors (Lipinski definition) is 24. The Bertz CT molecular complexity index is 3360. The zero-order valence-electron chi connectivity index (χ0n) is 47.5. The van der Waals surface area contributed by atoms with Crippen molar-refractivity contribution in [2.45, 2.75) is 114 Å². The fourth-order valence-electron chi connectivity index (χ4n) is 10.4. The number of ether oxygens (including phenoxy) is 3. The minimum Gasteiger partial charge on any atom is -0.394 e. The zero-order valence-corrected chi connectivity index (χ0v) is 49.3. The van der Waals surface area contributed by atoms with Crippen LogP contribution in [0, 0.1) is 20.8 Å². The number of phosphoric acid groups is 2. The molecule has 0 aromatic carbocycles. The maximum Gasteiger partial charge on any atom is 0.472 e. The number of aliphatic hydroxyl groups is 2. The first-order chi connectivity index (χ1) is 40.6. The quantitative estimate of drug-likeness (QED) is 0.0281. The van der Waals surface area contributed by atoms with Gasteiger partial charge in [-0.2, -0.15) is 0 Å². The number of carbonyl (C=O) groups is 3. The highest BCUT2D eigenvalue weighted by Crippen LogP contribution is 2.53. The van der Waals surface area contributed by atoms with Crippen molar-refractivity contribution in [2.75, 3.05) is 91.8 Å². The minimum absolute atomic E-state index is 0.0477. The van der Waals surface area contributed by atoms with Crippen molar-refractivity contribution < 1.29 is 75.8 Å². The largest absolute Gasteiger partial charge is 0.472 e. The maximum atomic E-state index is 14.4. The number of primary amides is 3. The first kappa shape index (κ1) is 67.6. The number of rotatable bonds is 25. The third-order valence-corrected chi connectivity index (χ3v) is 16.9. The van der Waals surface area contributed by atoms with Crippen molar-refractivity contribution in [3.8, 4) is 0 Å². The van der Waals surface area contributed by atoms with Crippen molar-refractivity contribution in [2.24, 2.45) is 17.2 Å². The van der Waals surface area contributed by atoms with E-state index >= 15 is 0 Å². The van der Waals surface area contributed by atoms with Gasteiger partial charge in [-0.3, -0.25) is 90.2 Å². The molecule has 0 saturated carbocycles. The second-order valence-corrected chi connectivity index (χ2v) is 24.2. The summed E-state index contributed by atoms with van der Waals surface area (Å²) < 4.78 is 71.3. The molecule has 4 fully saturated rings. The number of hydrogen-bond donors (Lipinski definition) is 10. The van der Waals surface area contributed by atoms with E-state index in [-0.39, 0.29) is 55.6 Å². The average Bonchev–Trinajstić information content (AvgIpc) is 2.78. The molecule has 13 N–H and O–H groups in total. The summed E-state index contributed by atoms with van der Waals surface area (Å²) in [5.74, 6) is -1.67. The van der Waals surface area contributed by atoms with Gasteiger partial charge < -0.3 is 56.3 Å². The van der Waals surface area contributed by atoms with Gasteiger partial charge in [0.25, 0.3) is 16.7 Å². The Hall–Kier alpha value is -5.95. The summed E-state index contributed by atoms with van der Waals surface area (Å²) in [4.78, 5) is 148. The molecule has 3 amide bonds. The van der Waals surface area contributed by atoms with Crippen LogP contribution < -0.4 is 50.9 Å². The fourth-order valence-corrected chi connectivity index (χ4v) is 12.5. The van der Waals surface area contributed by atoms with Gasteiger partial charge in [-0.1, -0.05) is 12.2 Å². The summed E-state index contributed by atoms with van der Waals surface area (Å²) in [5.41, 5.74) is 12.2. The molecule has 37 heteroatoms. The summed E-state index contributed by atoms with van der Waals surface area (Å²) >= 11 is 0. The number of aromatic amines is 3. The van der Waals surface area contributed by atoms with Crippen LogP contribution in [0.25, 0.3) is 0 Å². The average molecular weight is 1260 g/mol. The van der Waals surface area contributed by atoms with Crippen LogP contribution >= 0.6 is 15.6 Å². The van der Waals surface area contributed by atoms with E-state index in [1.165, 1.54) is 33.2 Å². The van der Waals surface area contributed by atoms with Crippen LogP contribution in [0.3, 0.4) is 0 Å². The van der Waals surface area contributed by atoms with Gasteiger partial charge in [0.2, 0.25) is 17.7 Å². The summed E-state index contributed by atoms with van der Waals surface area (Å²) in [6.07, 6.45) is -8.26. The lowest BCUT2D eigenvalue weighted by molar-refractivity contribution is -0.121. The molecule has 0 radical (unpaired) electrons. The molecule has 0 spiro atoms. The van der Waals surface area contributed by atoms with E-state index in [0.717, 1.165) is 19.9 Å². The van der Waals surface area contributed by atoms with Crippen LogP contribution in [0.15, 0.2) is 59.5 Å². The van der Waals surface area contributed by atoms with Crippen LogP contribution in [0.5, 0.6) is 0 Å². The normalized spacial score (nSPS) is 26.9. The number of nitrogens with one attached hydrogen (secondary N) is 3. The molecule has 7 rings (SSSR count). The Morgan fingerprint density at radius 3 is 1.44 bits per heavy atom. The summed E-state index contributed by atoms with van der Waals surface area (Å²) in [7, 11) is -10.7. The molecule has 478 valence electrons. The molecule has 3 aromatic rings. The lowest BCUT2D eigenvalue weighted by Gasteiger charge is -2.33. The van der Waals surface area contributed by atoms with Crippen LogP contribution in [0.4, 0.5) is 0 Å². The van der Waals surface area contributed by atoms with E-state index in [9.17, 15) is 72.3 Å². The first-order valence-corrected chi connectivity index (χ1v) is 30.5. The molecule has 4 aliphatic rings. The van der Waals surface area contributed by atoms with Crippen LogP contribution in [0.1, 0.15) is 67.5 Å². The minimum atomic E-state index is -5.46. The Labute approximate surface area is 489 Å². The topological polar surface area (TPSA) is 486 Å². The second kappa shape index (κ2) is 29.8. The molecule has 2 unspecified atom stereocenters. The molecule has 86 heavy (non-hydrogen) atoms. The molecule has 3 aromatic heterocycles. The number of aromatic nitrogens is 6. The molecule has 7 heterocycles. The number of nitrogens with two attached hydrogens (primary N) is 3. The van der Waals surface area contributed by atoms with E-state index in [1.807, 2.05) is 14.7 Å². The van der Waals surface area contributed by atoms with Crippen molar-refractivity contribution in [1.29, 1.82) is 0 Å². The third-order valence-electron chi connectivity index (χ3n) is 14.8. The standard InChI is InChI=1S/C49H75N13O22P2/c1-28-20-60(47(71)53-44(28)68)40-17-31(64)43(81-40)32(7-5-4-6-8-56-9-11-57(23-37(50)65)13-15-59(25-39(52)67)16-14-58(12-10-56)24-38(51)66)82-86(76,77)84-34-19-42(62-22-30(3)46(70)55-49(62)73)80-36(34)27-78-85(74,75)83-33-18-41(79-35(33)26-63)61-21-29(2)45(69)54-48(61)72/h4-5,20-22,31-36,40-43,63-64H,6-19,23-27H2,1-3H3,(H2,50,65)(H2,51,66)(H2,52,67)(H,74,75)(H,76,77)(H,53,68,71)(H,54,69,72)(H,55,70,73)/b5-4+/t31-,32-,33-,34-,35+,36+,40+,41+,42+,43-/m0/s1. The van der Waals surface area contributed by atoms with Gasteiger partial charge in [0, 0.05) is 113 Å². The molecule has 0 bridgehead atoms. The van der Waals surface area contributed by atoms with Gasteiger partial charge in [-0.15, -0.1) is 0 Å². The second-order valence-electron chi connectivity index (χ2n) is 21.4. The number of aliphatic hydroxyl groups excluding tert-OH is 2. The first-order valence-electron chi connectivity index (χ1n) is 27.5. The van der Waals surface area contributed by atoms with Gasteiger partial charge >= 0.3 is 32.7 Å². The van der Waals surface area contributed by atoms with Crippen LogP contribution in [-0.4, -0.2) is 220 Å². The van der Waals surface area contributed by atoms with E-state index in [2.05, 4.69) is 19.9 Å². The Morgan fingerprint density at radius 1 is 0.616 bits per heavy atom. The number of carbonyl (C=O) groups excluding carboxylic acids is 3. The number of amides is 3. The van der Waals surface area contributed by atoms with E-state index < -0.39 is 148 Å². The Balaban J connectivity index is 1.10. The summed E-state index contributed by atoms with van der Waals surface area (Å²) in [6, 6.07) is 0. The number of nitrogens with zero attached hydrogens (tertiary/aromatic N) is 7. The van der Waals surface area contributed by atoms with E-state index in [1.54, 1.807) is 12.2 Å². The van der Waals surface area contributed by atoms with Gasteiger partial charge in [-0.05, 0) is 33.6 Å². The molecule has 12 atom stereocenters. The van der Waals surface area contributed by atoms with Crippen molar-refractivity contribution >= 4 is 33.4 Å². The SMILES string of the molecule is Cc1cn([C@H]2C[C@H](O)[C@@H]([C@H](C/C=C/CCN3CCN(CC(N)=O)CCN(CC(N)=O)CCN(CC(N)=O)CC3)OP(=O)(O)O[C@H]3C[C@H](n4cc(C)c(=O)[nH]c4=O)O[C@@H]3COP(=O)(O)O[C@H]3C[C@H](n4cc(C)c(=O)[nH]c4=O)O[C@@H]3CO)O2)c(=O)[nH]c1=O. The fraction of sp³-hybridized carbons (Fsp3) is 0.653. The number of H-pyrrole nitrogens is 3. The molecular weight excluding hydrogens is 1180 g/mol.